The van der Waals surface area contributed by atoms with E-state index >= 15 is 0 Å². The molecule has 1 N–H and O–H groups in total. The first-order valence-electron chi connectivity index (χ1n) is 8.76. The van der Waals surface area contributed by atoms with Gasteiger partial charge in [-0.15, -0.1) is 0 Å². The van der Waals surface area contributed by atoms with Crippen molar-refractivity contribution in [3.63, 3.8) is 0 Å². The molecule has 0 radical (unpaired) electrons. The summed E-state index contributed by atoms with van der Waals surface area (Å²) in [6.45, 7) is 2.22. The first-order chi connectivity index (χ1) is 11.4. The van der Waals surface area contributed by atoms with Gasteiger partial charge in [-0.1, -0.05) is 38.3 Å². The molecule has 1 amide bonds. The quantitative estimate of drug-likeness (QED) is 0.820. The van der Waals surface area contributed by atoms with Gasteiger partial charge >= 0.3 is 0 Å². The lowest BCUT2D eigenvalue weighted by Gasteiger charge is -2.25. The van der Waals surface area contributed by atoms with E-state index in [1.165, 1.54) is 17.0 Å². The van der Waals surface area contributed by atoms with Gasteiger partial charge in [0.15, 0.2) is 0 Å². The molecule has 0 saturated heterocycles. The number of anilines is 1. The number of rotatable bonds is 7. The third kappa shape index (κ3) is 5.51. The summed E-state index contributed by atoms with van der Waals surface area (Å²) in [7, 11) is -3.41. The molecule has 6 heteroatoms. The Kier molecular flexibility index (Phi) is 6.66. The Morgan fingerprint density at radius 1 is 1.17 bits per heavy atom. The van der Waals surface area contributed by atoms with Crippen LogP contribution in [0.3, 0.4) is 0 Å². The van der Waals surface area contributed by atoms with Gasteiger partial charge in [0.25, 0.3) is 0 Å². The van der Waals surface area contributed by atoms with Crippen molar-refractivity contribution in [2.75, 3.05) is 17.1 Å². The van der Waals surface area contributed by atoms with Crippen LogP contribution in [-0.2, 0) is 21.2 Å². The van der Waals surface area contributed by atoms with Gasteiger partial charge in [0.1, 0.15) is 0 Å². The van der Waals surface area contributed by atoms with Crippen LogP contribution in [0.5, 0.6) is 0 Å². The Labute approximate surface area is 145 Å². The van der Waals surface area contributed by atoms with Gasteiger partial charge in [-0.05, 0) is 37.0 Å². The normalized spacial score (nSPS) is 15.9. The molecule has 0 aliphatic heterocycles. The van der Waals surface area contributed by atoms with Crippen LogP contribution in [-0.4, -0.2) is 33.2 Å². The molecule has 0 bridgehead atoms. The first-order valence-corrected chi connectivity index (χ1v) is 10.6. The smallest absolute Gasteiger partial charge is 0.232 e. The number of carbonyl (C=O) groups is 1. The van der Waals surface area contributed by atoms with Crippen molar-refractivity contribution in [2.24, 2.45) is 0 Å². The van der Waals surface area contributed by atoms with Gasteiger partial charge in [0.2, 0.25) is 15.9 Å². The van der Waals surface area contributed by atoms with E-state index < -0.39 is 10.0 Å². The largest absolute Gasteiger partial charge is 0.353 e. The van der Waals surface area contributed by atoms with Crippen LogP contribution in [0.25, 0.3) is 0 Å². The monoisotopic (exact) mass is 352 g/mol. The van der Waals surface area contributed by atoms with Gasteiger partial charge in [0, 0.05) is 19.0 Å². The summed E-state index contributed by atoms with van der Waals surface area (Å²) < 4.78 is 25.5. The highest BCUT2D eigenvalue weighted by molar-refractivity contribution is 7.92. The highest BCUT2D eigenvalue weighted by Crippen LogP contribution is 2.20. The second kappa shape index (κ2) is 8.51. The molecule has 0 atom stereocenters. The third-order valence-corrected chi connectivity index (χ3v) is 5.74. The van der Waals surface area contributed by atoms with Crippen LogP contribution >= 0.6 is 0 Å². The van der Waals surface area contributed by atoms with Gasteiger partial charge in [0.05, 0.1) is 11.9 Å². The average Bonchev–Trinajstić information content (AvgIpc) is 2.55. The third-order valence-electron chi connectivity index (χ3n) is 4.55. The van der Waals surface area contributed by atoms with E-state index in [-0.39, 0.29) is 24.9 Å². The fourth-order valence-electron chi connectivity index (χ4n) is 3.13. The fraction of sp³-hybridized carbons (Fsp3) is 0.611. The summed E-state index contributed by atoms with van der Waals surface area (Å²) >= 11 is 0. The van der Waals surface area contributed by atoms with E-state index in [0.29, 0.717) is 5.69 Å². The Morgan fingerprint density at radius 3 is 2.33 bits per heavy atom. The molecule has 0 heterocycles. The Hall–Kier alpha value is -1.56. The van der Waals surface area contributed by atoms with Crippen LogP contribution < -0.4 is 9.62 Å². The summed E-state index contributed by atoms with van der Waals surface area (Å²) in [6.07, 6.45) is 7.87. The number of amides is 1. The number of hydrogen-bond acceptors (Lipinski definition) is 3. The zero-order chi connectivity index (χ0) is 17.6. The molecule has 1 aliphatic rings. The minimum absolute atomic E-state index is 0.0688. The number of aryl methyl sites for hydroxylation is 1. The molecule has 1 aliphatic carbocycles. The van der Waals surface area contributed by atoms with Crippen molar-refractivity contribution in [3.05, 3.63) is 29.8 Å². The molecule has 0 aromatic heterocycles. The first kappa shape index (κ1) is 18.8. The van der Waals surface area contributed by atoms with Crippen molar-refractivity contribution in [2.45, 2.75) is 57.9 Å². The SMILES string of the molecule is CCc1ccc(N(CCC(=O)NC2CCCCC2)S(C)(=O)=O)cc1. The van der Waals surface area contributed by atoms with Crippen molar-refractivity contribution in [3.8, 4) is 0 Å². The van der Waals surface area contributed by atoms with Crippen LogP contribution in [0, 0.1) is 0 Å². The number of carbonyl (C=O) groups excluding carboxylic acids is 1. The second-order valence-corrected chi connectivity index (χ2v) is 8.41. The fourth-order valence-corrected chi connectivity index (χ4v) is 4.06. The maximum Gasteiger partial charge on any atom is 0.232 e. The number of nitrogens with zero attached hydrogens (tertiary/aromatic N) is 1. The van der Waals surface area contributed by atoms with Crippen molar-refractivity contribution >= 4 is 21.6 Å². The maximum atomic E-state index is 12.1. The van der Waals surface area contributed by atoms with E-state index in [1.807, 2.05) is 12.1 Å². The van der Waals surface area contributed by atoms with Gasteiger partial charge < -0.3 is 5.32 Å². The molecule has 0 spiro atoms. The summed E-state index contributed by atoms with van der Waals surface area (Å²) in [4.78, 5) is 12.1. The zero-order valence-electron chi connectivity index (χ0n) is 14.6. The molecule has 24 heavy (non-hydrogen) atoms. The lowest BCUT2D eigenvalue weighted by Crippen LogP contribution is -2.39. The Balaban J connectivity index is 1.97. The molecule has 1 aromatic rings. The molecule has 2 rings (SSSR count). The standard InChI is InChI=1S/C18H28N2O3S/c1-3-15-9-11-17(12-10-15)20(24(2,22)23)14-13-18(21)19-16-7-5-4-6-8-16/h9-12,16H,3-8,13-14H2,1-2H3,(H,19,21). The maximum absolute atomic E-state index is 12.1. The van der Waals surface area contributed by atoms with Crippen molar-refractivity contribution in [1.82, 2.24) is 5.32 Å². The molecule has 5 nitrogen and oxygen atoms in total. The van der Waals surface area contributed by atoms with Crippen LogP contribution in [0.4, 0.5) is 5.69 Å². The number of hydrogen-bond donors (Lipinski definition) is 1. The highest BCUT2D eigenvalue weighted by atomic mass is 32.2. The summed E-state index contributed by atoms with van der Waals surface area (Å²) in [5.74, 6) is -0.0688. The number of sulfonamides is 1. The molecule has 1 saturated carbocycles. The zero-order valence-corrected chi connectivity index (χ0v) is 15.4. The van der Waals surface area contributed by atoms with Crippen LogP contribution in [0.2, 0.25) is 0 Å². The minimum Gasteiger partial charge on any atom is -0.353 e. The molecule has 0 unspecified atom stereocenters. The van der Waals surface area contributed by atoms with Crippen molar-refractivity contribution in [1.29, 1.82) is 0 Å². The van der Waals surface area contributed by atoms with Gasteiger partial charge in [-0.25, -0.2) is 8.42 Å². The Morgan fingerprint density at radius 2 is 1.79 bits per heavy atom. The van der Waals surface area contributed by atoms with Crippen LogP contribution in [0.1, 0.15) is 51.0 Å². The van der Waals surface area contributed by atoms with E-state index in [2.05, 4.69) is 12.2 Å². The molecular weight excluding hydrogens is 324 g/mol. The molecule has 1 fully saturated rings. The number of benzene rings is 1. The molecular formula is C18H28N2O3S. The van der Waals surface area contributed by atoms with Gasteiger partial charge in [-0.3, -0.25) is 9.10 Å². The summed E-state index contributed by atoms with van der Waals surface area (Å²) in [5.41, 5.74) is 1.77. The van der Waals surface area contributed by atoms with E-state index in [9.17, 15) is 13.2 Å². The van der Waals surface area contributed by atoms with E-state index in [1.54, 1.807) is 12.1 Å². The van der Waals surface area contributed by atoms with E-state index in [4.69, 9.17) is 0 Å². The lowest BCUT2D eigenvalue weighted by atomic mass is 9.95. The summed E-state index contributed by atoms with van der Waals surface area (Å²) in [6, 6.07) is 7.71. The second-order valence-electron chi connectivity index (χ2n) is 6.51. The molecule has 1 aromatic carbocycles. The topological polar surface area (TPSA) is 66.5 Å². The lowest BCUT2D eigenvalue weighted by molar-refractivity contribution is -0.121. The van der Waals surface area contributed by atoms with Crippen LogP contribution in [0.15, 0.2) is 24.3 Å². The van der Waals surface area contributed by atoms with Crippen molar-refractivity contribution < 1.29 is 13.2 Å². The minimum atomic E-state index is -3.41. The highest BCUT2D eigenvalue weighted by Gasteiger charge is 2.20. The Bertz CT molecular complexity index is 635. The average molecular weight is 352 g/mol. The summed E-state index contributed by atoms with van der Waals surface area (Å²) in [5, 5.41) is 3.03. The van der Waals surface area contributed by atoms with Gasteiger partial charge in [-0.2, -0.15) is 0 Å². The van der Waals surface area contributed by atoms with E-state index in [0.717, 1.165) is 37.7 Å². The predicted molar refractivity (Wildman–Crippen MR) is 97.6 cm³/mol. The molecule has 134 valence electrons. The number of nitrogens with one attached hydrogen (secondary N) is 1. The predicted octanol–water partition coefficient (Wildman–Crippen LogP) is 2.85.